The summed E-state index contributed by atoms with van der Waals surface area (Å²) in [6.07, 6.45) is 5.21. The van der Waals surface area contributed by atoms with Crippen molar-refractivity contribution in [3.63, 3.8) is 0 Å². The first kappa shape index (κ1) is 12.8. The van der Waals surface area contributed by atoms with Crippen LogP contribution in [0.1, 0.15) is 16.1 Å². The van der Waals surface area contributed by atoms with Crippen LogP contribution in [0.4, 0.5) is 0 Å². The Morgan fingerprint density at radius 3 is 2.85 bits per heavy atom. The van der Waals surface area contributed by atoms with Crippen molar-refractivity contribution in [2.24, 2.45) is 0 Å². The summed E-state index contributed by atoms with van der Waals surface area (Å²) in [5.74, 6) is -0.193. The minimum atomic E-state index is -0.193. The number of nitrogens with one attached hydrogen (secondary N) is 1. The fourth-order valence-corrected chi connectivity index (χ4v) is 2.17. The van der Waals surface area contributed by atoms with E-state index in [0.29, 0.717) is 12.2 Å². The smallest absolute Gasteiger partial charge is 0.272 e. The first-order chi connectivity index (χ1) is 9.72. The minimum absolute atomic E-state index is 0.193. The van der Waals surface area contributed by atoms with Crippen LogP contribution in [0.25, 0.3) is 5.52 Å². The average Bonchev–Trinajstić information content (AvgIpc) is 2.89. The number of hydrogen-bond acceptors (Lipinski definition) is 3. The van der Waals surface area contributed by atoms with E-state index in [2.05, 4.69) is 31.3 Å². The summed E-state index contributed by atoms with van der Waals surface area (Å²) in [5, 5.41) is 7.08. The van der Waals surface area contributed by atoms with Crippen LogP contribution in [0.5, 0.6) is 0 Å². The van der Waals surface area contributed by atoms with Gasteiger partial charge >= 0.3 is 0 Å². The molecular weight excluding hydrogens is 320 g/mol. The van der Waals surface area contributed by atoms with Crippen molar-refractivity contribution in [1.82, 2.24) is 19.9 Å². The maximum atomic E-state index is 12.1. The van der Waals surface area contributed by atoms with E-state index in [4.69, 9.17) is 0 Å². The number of halogens is 1. The molecule has 3 heterocycles. The van der Waals surface area contributed by atoms with E-state index < -0.39 is 0 Å². The lowest BCUT2D eigenvalue weighted by Gasteiger charge is -2.02. The molecule has 0 unspecified atom stereocenters. The number of pyridine rings is 2. The summed E-state index contributed by atoms with van der Waals surface area (Å²) in [4.78, 5) is 16.0. The van der Waals surface area contributed by atoms with Crippen molar-refractivity contribution >= 4 is 27.4 Å². The quantitative estimate of drug-likeness (QED) is 0.802. The SMILES string of the molecule is O=C(NCc1ccncc1)c1cc2ccc(Br)cn2n1. The van der Waals surface area contributed by atoms with Crippen molar-refractivity contribution in [2.45, 2.75) is 6.54 Å². The van der Waals surface area contributed by atoms with Gasteiger partial charge in [0.15, 0.2) is 5.69 Å². The minimum Gasteiger partial charge on any atom is -0.347 e. The zero-order valence-electron chi connectivity index (χ0n) is 10.5. The van der Waals surface area contributed by atoms with E-state index in [1.807, 2.05) is 30.5 Å². The van der Waals surface area contributed by atoms with Crippen molar-refractivity contribution in [3.05, 3.63) is 64.7 Å². The Balaban J connectivity index is 1.75. The molecule has 1 N–H and O–H groups in total. The Morgan fingerprint density at radius 1 is 1.25 bits per heavy atom. The molecule has 20 heavy (non-hydrogen) atoms. The molecule has 3 aromatic rings. The molecule has 0 aliphatic heterocycles. The van der Waals surface area contributed by atoms with Gasteiger partial charge in [-0.05, 0) is 51.8 Å². The molecule has 0 saturated carbocycles. The zero-order chi connectivity index (χ0) is 13.9. The lowest BCUT2D eigenvalue weighted by Crippen LogP contribution is -2.23. The molecule has 5 nitrogen and oxygen atoms in total. The van der Waals surface area contributed by atoms with Crippen molar-refractivity contribution in [3.8, 4) is 0 Å². The van der Waals surface area contributed by atoms with Gasteiger partial charge in [0, 0.05) is 29.6 Å². The third kappa shape index (κ3) is 2.70. The maximum Gasteiger partial charge on any atom is 0.272 e. The number of nitrogens with zero attached hydrogens (tertiary/aromatic N) is 3. The van der Waals surface area contributed by atoms with E-state index in [0.717, 1.165) is 15.6 Å². The summed E-state index contributed by atoms with van der Waals surface area (Å²) in [6.45, 7) is 0.457. The fraction of sp³-hybridized carbons (Fsp3) is 0.0714. The monoisotopic (exact) mass is 330 g/mol. The number of rotatable bonds is 3. The Hall–Kier alpha value is -2.21. The van der Waals surface area contributed by atoms with Gasteiger partial charge in [-0.2, -0.15) is 5.10 Å². The van der Waals surface area contributed by atoms with E-state index >= 15 is 0 Å². The standard InChI is InChI=1S/C14H11BrN4O/c15-11-1-2-12-7-13(18-19(12)9-11)14(20)17-8-10-3-5-16-6-4-10/h1-7,9H,8H2,(H,17,20). The molecule has 0 aliphatic rings. The molecule has 100 valence electrons. The van der Waals surface area contributed by atoms with Crippen LogP contribution in [0.3, 0.4) is 0 Å². The van der Waals surface area contributed by atoms with Crippen molar-refractivity contribution in [2.75, 3.05) is 0 Å². The van der Waals surface area contributed by atoms with Gasteiger partial charge in [-0.1, -0.05) is 0 Å². The molecule has 0 bridgehead atoms. The lowest BCUT2D eigenvalue weighted by molar-refractivity contribution is 0.0945. The van der Waals surface area contributed by atoms with E-state index in [1.54, 1.807) is 23.0 Å². The zero-order valence-corrected chi connectivity index (χ0v) is 12.0. The van der Waals surface area contributed by atoms with E-state index in [-0.39, 0.29) is 5.91 Å². The fourth-order valence-electron chi connectivity index (χ4n) is 1.85. The average molecular weight is 331 g/mol. The highest BCUT2D eigenvalue weighted by molar-refractivity contribution is 9.10. The molecule has 0 aromatic carbocycles. The maximum absolute atomic E-state index is 12.1. The number of aromatic nitrogens is 3. The summed E-state index contributed by atoms with van der Waals surface area (Å²) >= 11 is 3.37. The summed E-state index contributed by atoms with van der Waals surface area (Å²) in [5.41, 5.74) is 2.28. The van der Waals surface area contributed by atoms with Gasteiger partial charge in [-0.25, -0.2) is 4.52 Å². The van der Waals surface area contributed by atoms with Gasteiger partial charge in [0.25, 0.3) is 5.91 Å². The topological polar surface area (TPSA) is 59.3 Å². The van der Waals surface area contributed by atoms with Gasteiger partial charge in [0.2, 0.25) is 0 Å². The molecule has 1 amide bonds. The van der Waals surface area contributed by atoms with Crippen LogP contribution in [0, 0.1) is 0 Å². The normalized spacial score (nSPS) is 10.7. The molecule has 3 rings (SSSR count). The predicted octanol–water partition coefficient (Wildman–Crippen LogP) is 2.42. The molecule has 0 aliphatic carbocycles. The van der Waals surface area contributed by atoms with Crippen molar-refractivity contribution in [1.29, 1.82) is 0 Å². The van der Waals surface area contributed by atoms with Gasteiger partial charge in [-0.3, -0.25) is 9.78 Å². The molecule has 0 fully saturated rings. The molecule has 0 atom stereocenters. The third-order valence-electron chi connectivity index (χ3n) is 2.86. The largest absolute Gasteiger partial charge is 0.347 e. The third-order valence-corrected chi connectivity index (χ3v) is 3.33. The molecule has 3 aromatic heterocycles. The second kappa shape index (κ2) is 5.42. The van der Waals surface area contributed by atoms with Crippen LogP contribution in [-0.2, 0) is 6.54 Å². The molecular formula is C14H11BrN4O. The number of hydrogen-bond donors (Lipinski definition) is 1. The van der Waals surface area contributed by atoms with Crippen molar-refractivity contribution < 1.29 is 4.79 Å². The highest BCUT2D eigenvalue weighted by Gasteiger charge is 2.10. The Kier molecular flexibility index (Phi) is 3.47. The highest BCUT2D eigenvalue weighted by atomic mass is 79.9. The predicted molar refractivity (Wildman–Crippen MR) is 78.3 cm³/mol. The van der Waals surface area contributed by atoms with Crippen LogP contribution < -0.4 is 5.32 Å². The second-order valence-electron chi connectivity index (χ2n) is 4.28. The Morgan fingerprint density at radius 2 is 2.05 bits per heavy atom. The van der Waals surface area contributed by atoms with Gasteiger partial charge in [0.1, 0.15) is 0 Å². The van der Waals surface area contributed by atoms with E-state index in [1.165, 1.54) is 0 Å². The second-order valence-corrected chi connectivity index (χ2v) is 5.20. The van der Waals surface area contributed by atoms with Crippen LogP contribution in [-0.4, -0.2) is 20.5 Å². The van der Waals surface area contributed by atoms with Gasteiger partial charge < -0.3 is 5.32 Å². The number of carbonyl (C=O) groups excluding carboxylic acids is 1. The molecule has 0 radical (unpaired) electrons. The van der Waals surface area contributed by atoms with Gasteiger partial charge in [-0.15, -0.1) is 0 Å². The number of carbonyl (C=O) groups is 1. The first-order valence-electron chi connectivity index (χ1n) is 6.04. The summed E-state index contributed by atoms with van der Waals surface area (Å²) in [6, 6.07) is 9.29. The van der Waals surface area contributed by atoms with Crippen LogP contribution in [0.2, 0.25) is 0 Å². The molecule has 0 saturated heterocycles. The molecule has 0 spiro atoms. The Labute approximate surface area is 123 Å². The summed E-state index contributed by atoms with van der Waals surface area (Å²) in [7, 11) is 0. The Bertz CT molecular complexity index is 754. The molecule has 6 heteroatoms. The van der Waals surface area contributed by atoms with Crippen LogP contribution >= 0.6 is 15.9 Å². The van der Waals surface area contributed by atoms with Gasteiger partial charge in [0.05, 0.1) is 5.52 Å². The summed E-state index contributed by atoms with van der Waals surface area (Å²) < 4.78 is 2.59. The lowest BCUT2D eigenvalue weighted by atomic mass is 10.2. The van der Waals surface area contributed by atoms with E-state index in [9.17, 15) is 4.79 Å². The first-order valence-corrected chi connectivity index (χ1v) is 6.84. The highest BCUT2D eigenvalue weighted by Crippen LogP contribution is 2.13. The number of amides is 1. The number of fused-ring (bicyclic) bond motifs is 1. The van der Waals surface area contributed by atoms with Crippen LogP contribution in [0.15, 0.2) is 53.4 Å².